The van der Waals surface area contributed by atoms with Crippen molar-refractivity contribution in [1.82, 2.24) is 4.98 Å². The summed E-state index contributed by atoms with van der Waals surface area (Å²) in [5.41, 5.74) is 7.86. The van der Waals surface area contributed by atoms with Crippen LogP contribution in [0.5, 0.6) is 11.6 Å². The molecule has 1 aromatic heterocycles. The smallest absolute Gasteiger partial charge is 0.223 e. The van der Waals surface area contributed by atoms with Gasteiger partial charge in [0.2, 0.25) is 5.88 Å². The monoisotopic (exact) mass is 306 g/mol. The summed E-state index contributed by atoms with van der Waals surface area (Å²) < 4.78 is 6.83. The summed E-state index contributed by atoms with van der Waals surface area (Å²) in [6, 6.07) is 9.58. The Morgan fingerprint density at radius 1 is 1.33 bits per heavy atom. The van der Waals surface area contributed by atoms with E-state index < -0.39 is 0 Å². The predicted molar refractivity (Wildman–Crippen MR) is 75.8 cm³/mol. The van der Waals surface area contributed by atoms with Crippen LogP contribution in [-0.2, 0) is 0 Å². The summed E-state index contributed by atoms with van der Waals surface area (Å²) in [4.78, 5) is 4.25. The van der Waals surface area contributed by atoms with Crippen LogP contribution in [0.3, 0.4) is 0 Å². The lowest BCUT2D eigenvalue weighted by Crippen LogP contribution is -2.07. The number of aryl methyl sites for hydroxylation is 1. The van der Waals surface area contributed by atoms with Crippen molar-refractivity contribution in [1.29, 1.82) is 0 Å². The molecule has 3 nitrogen and oxygen atoms in total. The number of rotatable bonds is 3. The van der Waals surface area contributed by atoms with Crippen molar-refractivity contribution in [2.45, 2.75) is 19.9 Å². The van der Waals surface area contributed by atoms with Crippen LogP contribution < -0.4 is 10.5 Å². The Balaban J connectivity index is 2.37. The minimum absolute atomic E-state index is 0.110. The van der Waals surface area contributed by atoms with Gasteiger partial charge in [-0.15, -0.1) is 0 Å². The summed E-state index contributed by atoms with van der Waals surface area (Å²) in [6.45, 7) is 3.91. The summed E-state index contributed by atoms with van der Waals surface area (Å²) in [5, 5.41) is 0. The van der Waals surface area contributed by atoms with Crippen LogP contribution in [0.1, 0.15) is 24.1 Å². The number of halogens is 1. The number of aromatic nitrogens is 1. The Hall–Kier alpha value is -1.39. The lowest BCUT2D eigenvalue weighted by atomic mass is 10.1. The molecule has 0 fully saturated rings. The van der Waals surface area contributed by atoms with Crippen molar-refractivity contribution in [3.8, 4) is 11.6 Å². The summed E-state index contributed by atoms with van der Waals surface area (Å²) in [6.07, 6.45) is 1.70. The van der Waals surface area contributed by atoms with Gasteiger partial charge in [-0.2, -0.15) is 0 Å². The standard InChI is InChI=1S/C14H15BrN2O/c1-9-5-6-11(15)8-13(9)18-14-12(10(2)16)4-3-7-17-14/h3-8,10H,16H2,1-2H3. The second-order valence-corrected chi connectivity index (χ2v) is 5.11. The van der Waals surface area contributed by atoms with Crippen LogP contribution in [0, 0.1) is 6.92 Å². The van der Waals surface area contributed by atoms with Gasteiger partial charge < -0.3 is 10.5 Å². The van der Waals surface area contributed by atoms with Gasteiger partial charge in [0.05, 0.1) is 0 Å². The number of hydrogen-bond acceptors (Lipinski definition) is 3. The van der Waals surface area contributed by atoms with E-state index in [9.17, 15) is 0 Å². The molecular formula is C14H15BrN2O. The average Bonchev–Trinajstić information content (AvgIpc) is 2.34. The van der Waals surface area contributed by atoms with E-state index in [0.717, 1.165) is 21.3 Å². The van der Waals surface area contributed by atoms with E-state index in [2.05, 4.69) is 20.9 Å². The molecule has 1 aromatic carbocycles. The van der Waals surface area contributed by atoms with Gasteiger partial charge in [-0.25, -0.2) is 4.98 Å². The lowest BCUT2D eigenvalue weighted by molar-refractivity contribution is 0.448. The molecule has 94 valence electrons. The van der Waals surface area contributed by atoms with Gasteiger partial charge in [-0.3, -0.25) is 0 Å². The summed E-state index contributed by atoms with van der Waals surface area (Å²) in [7, 11) is 0. The van der Waals surface area contributed by atoms with Crippen LogP contribution in [0.2, 0.25) is 0 Å². The molecule has 1 atom stereocenters. The maximum Gasteiger partial charge on any atom is 0.223 e. The van der Waals surface area contributed by atoms with Gasteiger partial charge in [0.1, 0.15) is 5.75 Å². The predicted octanol–water partition coefficient (Wildman–Crippen LogP) is 3.96. The number of benzene rings is 1. The molecule has 1 heterocycles. The molecule has 2 rings (SSSR count). The highest BCUT2D eigenvalue weighted by atomic mass is 79.9. The van der Waals surface area contributed by atoms with Gasteiger partial charge in [-0.05, 0) is 37.6 Å². The van der Waals surface area contributed by atoms with E-state index in [1.165, 1.54) is 0 Å². The zero-order valence-corrected chi connectivity index (χ0v) is 11.9. The average molecular weight is 307 g/mol. The molecule has 1 unspecified atom stereocenters. The highest BCUT2D eigenvalue weighted by Gasteiger charge is 2.11. The minimum atomic E-state index is -0.110. The second-order valence-electron chi connectivity index (χ2n) is 4.20. The molecule has 0 amide bonds. The summed E-state index contributed by atoms with van der Waals surface area (Å²) in [5.74, 6) is 1.35. The van der Waals surface area contributed by atoms with Crippen LogP contribution in [0.15, 0.2) is 41.0 Å². The second kappa shape index (κ2) is 5.50. The van der Waals surface area contributed by atoms with Crippen molar-refractivity contribution < 1.29 is 4.74 Å². The molecule has 0 saturated heterocycles. The molecule has 0 aliphatic rings. The molecule has 0 bridgehead atoms. The number of hydrogen-bond donors (Lipinski definition) is 1. The quantitative estimate of drug-likeness (QED) is 0.933. The van der Waals surface area contributed by atoms with Crippen molar-refractivity contribution in [3.63, 3.8) is 0 Å². The molecule has 18 heavy (non-hydrogen) atoms. The fourth-order valence-electron chi connectivity index (χ4n) is 1.62. The molecule has 2 N–H and O–H groups in total. The van der Waals surface area contributed by atoms with Crippen molar-refractivity contribution in [2.24, 2.45) is 5.73 Å². The molecule has 4 heteroatoms. The highest BCUT2D eigenvalue weighted by molar-refractivity contribution is 9.10. The third-order valence-electron chi connectivity index (χ3n) is 2.65. The third kappa shape index (κ3) is 2.89. The molecule has 0 saturated carbocycles. The number of pyridine rings is 1. The van der Waals surface area contributed by atoms with Crippen LogP contribution in [-0.4, -0.2) is 4.98 Å². The molecule has 0 radical (unpaired) electrons. The molecule has 0 aliphatic carbocycles. The van der Waals surface area contributed by atoms with Gasteiger partial charge in [0, 0.05) is 22.3 Å². The van der Waals surface area contributed by atoms with E-state index in [4.69, 9.17) is 10.5 Å². The van der Waals surface area contributed by atoms with Gasteiger partial charge >= 0.3 is 0 Å². The van der Waals surface area contributed by atoms with Gasteiger partial charge in [0.15, 0.2) is 0 Å². The SMILES string of the molecule is Cc1ccc(Br)cc1Oc1ncccc1C(C)N. The van der Waals surface area contributed by atoms with E-state index in [1.807, 2.05) is 44.2 Å². The van der Waals surface area contributed by atoms with Crippen molar-refractivity contribution in [2.75, 3.05) is 0 Å². The first kappa shape index (κ1) is 13.1. The van der Waals surface area contributed by atoms with Crippen LogP contribution in [0.4, 0.5) is 0 Å². The first-order valence-electron chi connectivity index (χ1n) is 5.72. The number of nitrogens with two attached hydrogens (primary N) is 1. The van der Waals surface area contributed by atoms with Crippen LogP contribution >= 0.6 is 15.9 Å². The Morgan fingerprint density at radius 2 is 2.11 bits per heavy atom. The Kier molecular flexibility index (Phi) is 3.99. The van der Waals surface area contributed by atoms with E-state index in [-0.39, 0.29) is 6.04 Å². The Morgan fingerprint density at radius 3 is 2.83 bits per heavy atom. The molecule has 0 aliphatic heterocycles. The Labute approximate surface area is 115 Å². The first-order chi connectivity index (χ1) is 8.58. The molecule has 2 aromatic rings. The molecular weight excluding hydrogens is 292 g/mol. The first-order valence-corrected chi connectivity index (χ1v) is 6.51. The van der Waals surface area contributed by atoms with Crippen molar-refractivity contribution >= 4 is 15.9 Å². The fourth-order valence-corrected chi connectivity index (χ4v) is 1.96. The zero-order chi connectivity index (χ0) is 13.1. The number of ether oxygens (including phenoxy) is 1. The summed E-state index contributed by atoms with van der Waals surface area (Å²) >= 11 is 3.43. The fraction of sp³-hybridized carbons (Fsp3) is 0.214. The van der Waals surface area contributed by atoms with E-state index in [1.54, 1.807) is 6.20 Å². The van der Waals surface area contributed by atoms with Crippen molar-refractivity contribution in [3.05, 3.63) is 52.1 Å². The van der Waals surface area contributed by atoms with Gasteiger partial charge in [-0.1, -0.05) is 28.1 Å². The normalized spacial score (nSPS) is 12.2. The Bertz CT molecular complexity index is 555. The topological polar surface area (TPSA) is 48.1 Å². The number of nitrogens with zero attached hydrogens (tertiary/aromatic N) is 1. The maximum absolute atomic E-state index is 5.91. The van der Waals surface area contributed by atoms with E-state index >= 15 is 0 Å². The third-order valence-corrected chi connectivity index (χ3v) is 3.14. The largest absolute Gasteiger partial charge is 0.438 e. The van der Waals surface area contributed by atoms with Crippen LogP contribution in [0.25, 0.3) is 0 Å². The lowest BCUT2D eigenvalue weighted by Gasteiger charge is -2.13. The van der Waals surface area contributed by atoms with E-state index in [0.29, 0.717) is 5.88 Å². The minimum Gasteiger partial charge on any atom is -0.438 e. The maximum atomic E-state index is 5.91. The molecule has 0 spiro atoms. The highest BCUT2D eigenvalue weighted by Crippen LogP contribution is 2.30. The zero-order valence-electron chi connectivity index (χ0n) is 10.4. The van der Waals surface area contributed by atoms with Gasteiger partial charge in [0.25, 0.3) is 0 Å².